The zero-order valence-corrected chi connectivity index (χ0v) is 15.6. The molecule has 2 aromatic heterocycles. The molecule has 2 N–H and O–H groups in total. The van der Waals surface area contributed by atoms with Crippen LogP contribution in [-0.2, 0) is 25.7 Å². The smallest absolute Gasteiger partial charge is 0.261 e. The Kier molecular flexibility index (Phi) is 4.11. The highest BCUT2D eigenvalue weighted by atomic mass is 16.2. The van der Waals surface area contributed by atoms with Crippen LogP contribution in [0.3, 0.4) is 0 Å². The van der Waals surface area contributed by atoms with Crippen LogP contribution < -0.4 is 5.56 Å². The Morgan fingerprint density at radius 1 is 1.00 bits per heavy atom. The van der Waals surface area contributed by atoms with Crippen molar-refractivity contribution in [2.24, 2.45) is 0 Å². The normalized spacial score (nSPS) is 15.8. The fourth-order valence-corrected chi connectivity index (χ4v) is 4.36. The highest BCUT2D eigenvalue weighted by Gasteiger charge is 2.26. The number of carbonyl (C=O) groups is 1. The Hall–Kier alpha value is -3.15. The summed E-state index contributed by atoms with van der Waals surface area (Å²) in [5, 5.41) is 7.66. The Morgan fingerprint density at radius 3 is 2.68 bits per heavy atom. The fourth-order valence-electron chi connectivity index (χ4n) is 4.36. The molecule has 0 spiro atoms. The van der Waals surface area contributed by atoms with Gasteiger partial charge in [-0.2, -0.15) is 5.10 Å². The van der Waals surface area contributed by atoms with Crippen molar-refractivity contribution in [3.63, 3.8) is 0 Å². The second kappa shape index (κ2) is 6.78. The van der Waals surface area contributed by atoms with Gasteiger partial charge in [-0.25, -0.2) is 0 Å². The number of nitrogens with zero attached hydrogens (tertiary/aromatic N) is 2. The quantitative estimate of drug-likeness (QED) is 0.723. The number of carbonyl (C=O) groups excluding carboxylic acids is 1. The van der Waals surface area contributed by atoms with Crippen LogP contribution in [0.5, 0.6) is 0 Å². The van der Waals surface area contributed by atoms with Gasteiger partial charge in [0.25, 0.3) is 11.5 Å². The number of aryl methyl sites for hydroxylation is 2. The van der Waals surface area contributed by atoms with Gasteiger partial charge in [0.2, 0.25) is 0 Å². The van der Waals surface area contributed by atoms with Crippen molar-refractivity contribution in [1.82, 2.24) is 20.1 Å². The number of H-pyrrole nitrogens is 2. The minimum absolute atomic E-state index is 0.171. The number of hydrogen-bond acceptors (Lipinski definition) is 3. The molecule has 0 fully saturated rings. The molecule has 3 heterocycles. The van der Waals surface area contributed by atoms with Crippen LogP contribution in [-0.4, -0.2) is 39.1 Å². The molecule has 0 radical (unpaired) electrons. The summed E-state index contributed by atoms with van der Waals surface area (Å²) < 4.78 is 0. The highest BCUT2D eigenvalue weighted by molar-refractivity contribution is 5.94. The van der Waals surface area contributed by atoms with Crippen molar-refractivity contribution in [2.45, 2.75) is 32.1 Å². The van der Waals surface area contributed by atoms with Gasteiger partial charge >= 0.3 is 0 Å². The first-order chi connectivity index (χ1) is 13.7. The molecule has 1 amide bonds. The van der Waals surface area contributed by atoms with E-state index < -0.39 is 0 Å². The van der Waals surface area contributed by atoms with E-state index in [9.17, 15) is 9.59 Å². The maximum atomic E-state index is 13.1. The van der Waals surface area contributed by atoms with E-state index in [0.717, 1.165) is 53.9 Å². The molecule has 0 saturated carbocycles. The molecule has 6 nitrogen and oxygen atoms in total. The first kappa shape index (κ1) is 17.0. The van der Waals surface area contributed by atoms with E-state index in [2.05, 4.69) is 15.2 Å². The molecule has 0 bridgehead atoms. The van der Waals surface area contributed by atoms with Crippen LogP contribution in [0.15, 0.2) is 41.2 Å². The minimum atomic E-state index is -0.264. The van der Waals surface area contributed by atoms with Crippen LogP contribution in [0.25, 0.3) is 11.3 Å². The lowest BCUT2D eigenvalue weighted by Gasteiger charge is -2.20. The van der Waals surface area contributed by atoms with E-state index in [1.807, 2.05) is 36.4 Å². The third-order valence-corrected chi connectivity index (χ3v) is 5.87. The van der Waals surface area contributed by atoms with Gasteiger partial charge in [-0.1, -0.05) is 30.3 Å². The third kappa shape index (κ3) is 2.85. The predicted octanol–water partition coefficient (Wildman–Crippen LogP) is 2.49. The number of aromatic nitrogens is 3. The Bertz CT molecular complexity index is 1100. The molecule has 142 valence electrons. The van der Waals surface area contributed by atoms with Crippen LogP contribution in [0.1, 0.15) is 39.3 Å². The molecule has 0 saturated heterocycles. The third-order valence-electron chi connectivity index (χ3n) is 5.87. The average molecular weight is 374 g/mol. The SMILES string of the molecule is O=C(c1cc2c([nH]c1=O)CCC2)N1CCc2[nH]nc(-c3ccccc3)c2CC1. The van der Waals surface area contributed by atoms with Gasteiger partial charge < -0.3 is 9.88 Å². The molecule has 1 aliphatic carbocycles. The largest absolute Gasteiger partial charge is 0.338 e. The molecule has 0 atom stereocenters. The minimum Gasteiger partial charge on any atom is -0.338 e. The van der Waals surface area contributed by atoms with Crippen molar-refractivity contribution in [1.29, 1.82) is 0 Å². The molecule has 1 aromatic carbocycles. The van der Waals surface area contributed by atoms with Crippen molar-refractivity contribution in [3.8, 4) is 11.3 Å². The van der Waals surface area contributed by atoms with Gasteiger partial charge in [0.15, 0.2) is 0 Å². The predicted molar refractivity (Wildman–Crippen MR) is 106 cm³/mol. The zero-order valence-electron chi connectivity index (χ0n) is 15.6. The monoisotopic (exact) mass is 374 g/mol. The number of pyridine rings is 1. The number of amides is 1. The van der Waals surface area contributed by atoms with Crippen molar-refractivity contribution >= 4 is 5.91 Å². The maximum absolute atomic E-state index is 13.1. The van der Waals surface area contributed by atoms with E-state index in [1.54, 1.807) is 4.90 Å². The zero-order chi connectivity index (χ0) is 19.1. The lowest BCUT2D eigenvalue weighted by molar-refractivity contribution is 0.0761. The van der Waals surface area contributed by atoms with Crippen LogP contribution in [0.2, 0.25) is 0 Å². The molecular formula is C22H22N4O2. The average Bonchev–Trinajstić information content (AvgIpc) is 3.28. The molecule has 5 rings (SSSR count). The highest BCUT2D eigenvalue weighted by Crippen LogP contribution is 2.27. The summed E-state index contributed by atoms with van der Waals surface area (Å²) in [6.07, 6.45) is 4.31. The van der Waals surface area contributed by atoms with E-state index >= 15 is 0 Å². The van der Waals surface area contributed by atoms with E-state index in [0.29, 0.717) is 19.5 Å². The van der Waals surface area contributed by atoms with Crippen LogP contribution in [0, 0.1) is 0 Å². The summed E-state index contributed by atoms with van der Waals surface area (Å²) in [6, 6.07) is 11.9. The number of fused-ring (bicyclic) bond motifs is 2. The van der Waals surface area contributed by atoms with Gasteiger partial charge in [0, 0.05) is 42.0 Å². The van der Waals surface area contributed by atoms with Crippen molar-refractivity contribution in [2.75, 3.05) is 13.1 Å². The number of nitrogens with one attached hydrogen (secondary N) is 2. The summed E-state index contributed by atoms with van der Waals surface area (Å²) >= 11 is 0. The summed E-state index contributed by atoms with van der Waals surface area (Å²) in [6.45, 7) is 1.17. The Morgan fingerprint density at radius 2 is 1.82 bits per heavy atom. The summed E-state index contributed by atoms with van der Waals surface area (Å²) in [7, 11) is 0. The number of benzene rings is 1. The number of rotatable bonds is 2. The lowest BCUT2D eigenvalue weighted by Crippen LogP contribution is -2.37. The second-order valence-corrected chi connectivity index (χ2v) is 7.56. The van der Waals surface area contributed by atoms with Gasteiger partial charge in [-0.3, -0.25) is 14.7 Å². The second-order valence-electron chi connectivity index (χ2n) is 7.56. The summed E-state index contributed by atoms with van der Waals surface area (Å²) in [5.41, 5.74) is 6.40. The molecule has 28 heavy (non-hydrogen) atoms. The van der Waals surface area contributed by atoms with Crippen molar-refractivity contribution < 1.29 is 4.79 Å². The molecule has 3 aromatic rings. The molecular weight excluding hydrogens is 352 g/mol. The Labute approximate surface area is 162 Å². The summed E-state index contributed by atoms with van der Waals surface area (Å²) in [5.74, 6) is -0.171. The standard InChI is InChI=1S/C22H22N4O2/c27-21-17(13-15-7-4-8-18(15)23-21)22(28)26-11-9-16-19(10-12-26)24-25-20(16)14-5-2-1-3-6-14/h1-3,5-6,13H,4,7-12H2,(H,23,27)(H,24,25). The Balaban J connectivity index is 1.40. The van der Waals surface area contributed by atoms with Gasteiger partial charge in [0.1, 0.15) is 5.56 Å². The topological polar surface area (TPSA) is 81.9 Å². The van der Waals surface area contributed by atoms with E-state index in [-0.39, 0.29) is 17.0 Å². The number of aromatic amines is 2. The van der Waals surface area contributed by atoms with Crippen LogP contribution >= 0.6 is 0 Å². The fraction of sp³-hybridized carbons (Fsp3) is 0.318. The maximum Gasteiger partial charge on any atom is 0.261 e. The molecule has 2 aliphatic rings. The number of hydrogen-bond donors (Lipinski definition) is 2. The van der Waals surface area contributed by atoms with E-state index in [4.69, 9.17) is 0 Å². The molecule has 0 unspecified atom stereocenters. The van der Waals surface area contributed by atoms with E-state index in [1.165, 1.54) is 5.56 Å². The van der Waals surface area contributed by atoms with Gasteiger partial charge in [0.05, 0.1) is 5.69 Å². The lowest BCUT2D eigenvalue weighted by atomic mass is 10.0. The van der Waals surface area contributed by atoms with Gasteiger partial charge in [-0.15, -0.1) is 0 Å². The molecule has 6 heteroatoms. The molecule has 1 aliphatic heterocycles. The van der Waals surface area contributed by atoms with Gasteiger partial charge in [-0.05, 0) is 37.3 Å². The van der Waals surface area contributed by atoms with Crippen molar-refractivity contribution in [3.05, 3.63) is 74.8 Å². The van der Waals surface area contributed by atoms with Crippen LogP contribution in [0.4, 0.5) is 0 Å². The first-order valence-corrected chi connectivity index (χ1v) is 9.86. The first-order valence-electron chi connectivity index (χ1n) is 9.86. The summed E-state index contributed by atoms with van der Waals surface area (Å²) in [4.78, 5) is 30.2.